The van der Waals surface area contributed by atoms with Gasteiger partial charge in [0.25, 0.3) is 5.91 Å². The van der Waals surface area contributed by atoms with Crippen molar-refractivity contribution in [2.75, 3.05) is 5.32 Å². The van der Waals surface area contributed by atoms with Crippen LogP contribution in [-0.2, 0) is 12.8 Å². The Labute approximate surface area is 195 Å². The number of esters is 1. The minimum absolute atomic E-state index is 0.0105. The van der Waals surface area contributed by atoms with Gasteiger partial charge in [0.2, 0.25) is 0 Å². The Morgan fingerprint density at radius 1 is 1.12 bits per heavy atom. The van der Waals surface area contributed by atoms with E-state index in [1.807, 2.05) is 23.6 Å². The molecule has 0 saturated heterocycles. The van der Waals surface area contributed by atoms with Crippen molar-refractivity contribution < 1.29 is 14.3 Å². The van der Waals surface area contributed by atoms with Crippen molar-refractivity contribution in [1.29, 1.82) is 0 Å². The van der Waals surface area contributed by atoms with Crippen LogP contribution in [0.5, 0.6) is 5.75 Å². The third kappa shape index (κ3) is 3.95. The Balaban J connectivity index is 1.32. The Bertz CT molecular complexity index is 1160. The van der Waals surface area contributed by atoms with Gasteiger partial charge in [-0.2, -0.15) is 0 Å². The molecule has 0 bridgehead atoms. The second-order valence-corrected chi connectivity index (χ2v) is 11.6. The zero-order valence-corrected chi connectivity index (χ0v) is 20.0. The standard InChI is InChI=1S/C25H26N2O3S2/c1-25(2,3)15-8-11-17-19(13-15)32-23-20(17)22(28)26-21(27-23)14-6-9-16(10-7-14)30-24(29)18-5-4-12-31-18/h4-7,9-10,12,15,21,27H,8,11,13H2,1-3H3,(H,26,28)/t15-,21-/m0/s1. The summed E-state index contributed by atoms with van der Waals surface area (Å²) in [5.41, 5.74) is 3.24. The summed E-state index contributed by atoms with van der Waals surface area (Å²) < 4.78 is 5.44. The average molecular weight is 467 g/mol. The highest BCUT2D eigenvalue weighted by Crippen LogP contribution is 2.46. The van der Waals surface area contributed by atoms with Gasteiger partial charge in [-0.3, -0.25) is 4.79 Å². The van der Waals surface area contributed by atoms with E-state index in [0.717, 1.165) is 35.4 Å². The molecule has 1 aliphatic carbocycles. The SMILES string of the molecule is CC(C)(C)[C@H]1CCc2c(sc3c2C(=O)N[C@H](c2ccc(OC(=O)c4cccs4)cc2)N3)C1. The second kappa shape index (κ2) is 8.05. The number of hydrogen-bond acceptors (Lipinski definition) is 6. The van der Waals surface area contributed by atoms with Gasteiger partial charge < -0.3 is 15.4 Å². The second-order valence-electron chi connectivity index (χ2n) is 9.50. The third-order valence-corrected chi connectivity index (χ3v) is 8.45. The molecule has 7 heteroatoms. The van der Waals surface area contributed by atoms with E-state index in [4.69, 9.17) is 4.74 Å². The first-order valence-corrected chi connectivity index (χ1v) is 12.6. The fourth-order valence-electron chi connectivity index (χ4n) is 4.48. The number of benzene rings is 1. The fourth-order valence-corrected chi connectivity index (χ4v) is 6.44. The van der Waals surface area contributed by atoms with Gasteiger partial charge in [-0.15, -0.1) is 22.7 Å². The Kier molecular flexibility index (Phi) is 5.34. The molecule has 32 heavy (non-hydrogen) atoms. The van der Waals surface area contributed by atoms with E-state index >= 15 is 0 Å². The van der Waals surface area contributed by atoms with Crippen LogP contribution in [0.2, 0.25) is 0 Å². The summed E-state index contributed by atoms with van der Waals surface area (Å²) in [6, 6.07) is 10.8. The minimum atomic E-state index is -0.362. The maximum atomic E-state index is 13.0. The Hall–Kier alpha value is -2.64. The predicted molar refractivity (Wildman–Crippen MR) is 129 cm³/mol. The molecule has 5 nitrogen and oxygen atoms in total. The molecular weight excluding hydrogens is 440 g/mol. The van der Waals surface area contributed by atoms with Crippen LogP contribution in [0.15, 0.2) is 41.8 Å². The summed E-state index contributed by atoms with van der Waals surface area (Å²) in [5, 5.41) is 9.43. The van der Waals surface area contributed by atoms with Crippen LogP contribution in [0, 0.1) is 11.3 Å². The first-order valence-electron chi connectivity index (χ1n) is 10.9. The van der Waals surface area contributed by atoms with Crippen molar-refractivity contribution in [3.63, 3.8) is 0 Å². The van der Waals surface area contributed by atoms with Gasteiger partial charge in [-0.1, -0.05) is 39.0 Å². The lowest BCUT2D eigenvalue weighted by Crippen LogP contribution is -2.38. The molecule has 0 unspecified atom stereocenters. The Morgan fingerprint density at radius 2 is 1.91 bits per heavy atom. The number of thiophene rings is 2. The van der Waals surface area contributed by atoms with Crippen LogP contribution in [0.3, 0.4) is 0 Å². The topological polar surface area (TPSA) is 67.4 Å². The number of anilines is 1. The Morgan fingerprint density at radius 3 is 2.59 bits per heavy atom. The van der Waals surface area contributed by atoms with Crippen molar-refractivity contribution in [3.8, 4) is 5.75 Å². The molecule has 2 aromatic heterocycles. The summed E-state index contributed by atoms with van der Waals surface area (Å²) in [6.07, 6.45) is 2.82. The maximum absolute atomic E-state index is 13.0. The van der Waals surface area contributed by atoms with E-state index in [9.17, 15) is 9.59 Å². The van der Waals surface area contributed by atoms with Crippen LogP contribution in [-0.4, -0.2) is 11.9 Å². The van der Waals surface area contributed by atoms with Crippen molar-refractivity contribution in [2.24, 2.45) is 11.3 Å². The van der Waals surface area contributed by atoms with Crippen LogP contribution in [0.1, 0.15) is 69.4 Å². The third-order valence-electron chi connectivity index (χ3n) is 6.41. The molecule has 166 valence electrons. The number of carbonyl (C=O) groups is 2. The molecular formula is C25H26N2O3S2. The average Bonchev–Trinajstić information content (AvgIpc) is 3.41. The van der Waals surface area contributed by atoms with Crippen molar-refractivity contribution in [3.05, 3.63) is 68.2 Å². The molecule has 1 aromatic carbocycles. The van der Waals surface area contributed by atoms with E-state index in [1.165, 1.54) is 21.8 Å². The lowest BCUT2D eigenvalue weighted by molar-refractivity contribution is 0.0739. The molecule has 3 aromatic rings. The summed E-state index contributed by atoms with van der Waals surface area (Å²) >= 11 is 3.08. The molecule has 1 aliphatic heterocycles. The van der Waals surface area contributed by atoms with E-state index in [2.05, 4.69) is 31.4 Å². The van der Waals surface area contributed by atoms with Gasteiger partial charge in [0.1, 0.15) is 21.8 Å². The number of nitrogens with one attached hydrogen (secondary N) is 2. The first kappa shape index (κ1) is 21.2. The smallest absolute Gasteiger partial charge is 0.353 e. The molecule has 5 rings (SSSR count). The van der Waals surface area contributed by atoms with E-state index in [-0.39, 0.29) is 23.5 Å². The van der Waals surface area contributed by atoms with Gasteiger partial charge in [0, 0.05) is 4.88 Å². The van der Waals surface area contributed by atoms with Crippen LogP contribution in [0.25, 0.3) is 0 Å². The van der Waals surface area contributed by atoms with Crippen LogP contribution < -0.4 is 15.4 Å². The van der Waals surface area contributed by atoms with Crippen molar-refractivity contribution >= 4 is 39.6 Å². The highest BCUT2D eigenvalue weighted by atomic mass is 32.1. The molecule has 0 spiro atoms. The van der Waals surface area contributed by atoms with Crippen molar-refractivity contribution in [2.45, 2.75) is 46.2 Å². The molecule has 2 N–H and O–H groups in total. The van der Waals surface area contributed by atoms with E-state index < -0.39 is 0 Å². The van der Waals surface area contributed by atoms with Gasteiger partial charge in [0.05, 0.1) is 5.56 Å². The molecule has 0 saturated carbocycles. The fraction of sp³-hybridized carbons (Fsp3) is 0.360. The maximum Gasteiger partial charge on any atom is 0.353 e. The summed E-state index contributed by atoms with van der Waals surface area (Å²) in [4.78, 5) is 27.1. The predicted octanol–water partition coefficient (Wildman–Crippen LogP) is 6.03. The lowest BCUT2D eigenvalue weighted by Gasteiger charge is -2.34. The number of ether oxygens (including phenoxy) is 1. The van der Waals surface area contributed by atoms with Gasteiger partial charge in [-0.05, 0) is 65.3 Å². The molecule has 3 heterocycles. The number of hydrogen-bond donors (Lipinski definition) is 2. The number of rotatable bonds is 3. The minimum Gasteiger partial charge on any atom is -0.422 e. The summed E-state index contributed by atoms with van der Waals surface area (Å²) in [6.45, 7) is 6.91. The number of carbonyl (C=O) groups excluding carboxylic acids is 2. The zero-order valence-electron chi connectivity index (χ0n) is 18.4. The summed E-state index contributed by atoms with van der Waals surface area (Å²) in [7, 11) is 0. The number of amides is 1. The lowest BCUT2D eigenvalue weighted by atomic mass is 9.72. The highest BCUT2D eigenvalue weighted by molar-refractivity contribution is 7.16. The molecule has 2 aliphatic rings. The molecule has 1 amide bonds. The number of fused-ring (bicyclic) bond motifs is 3. The quantitative estimate of drug-likeness (QED) is 0.365. The van der Waals surface area contributed by atoms with Gasteiger partial charge in [0.15, 0.2) is 0 Å². The van der Waals surface area contributed by atoms with Gasteiger partial charge in [-0.25, -0.2) is 4.79 Å². The van der Waals surface area contributed by atoms with Gasteiger partial charge >= 0.3 is 5.97 Å². The summed E-state index contributed by atoms with van der Waals surface area (Å²) in [5.74, 6) is 0.746. The first-order chi connectivity index (χ1) is 15.3. The molecule has 2 atom stereocenters. The molecule has 0 radical (unpaired) electrons. The monoisotopic (exact) mass is 466 g/mol. The largest absolute Gasteiger partial charge is 0.422 e. The van der Waals surface area contributed by atoms with E-state index in [0.29, 0.717) is 16.5 Å². The molecule has 0 fully saturated rings. The van der Waals surface area contributed by atoms with Crippen molar-refractivity contribution in [1.82, 2.24) is 5.32 Å². The highest BCUT2D eigenvalue weighted by Gasteiger charge is 2.36. The normalized spacial score (nSPS) is 20.0. The van der Waals surface area contributed by atoms with Crippen LogP contribution >= 0.6 is 22.7 Å². The van der Waals surface area contributed by atoms with E-state index in [1.54, 1.807) is 29.5 Å². The van der Waals surface area contributed by atoms with Crippen LogP contribution in [0.4, 0.5) is 5.00 Å². The zero-order chi connectivity index (χ0) is 22.5.